The van der Waals surface area contributed by atoms with Crippen molar-refractivity contribution < 1.29 is 14.3 Å². The van der Waals surface area contributed by atoms with Gasteiger partial charge in [0.2, 0.25) is 5.88 Å². The van der Waals surface area contributed by atoms with E-state index >= 15 is 0 Å². The van der Waals surface area contributed by atoms with E-state index in [2.05, 4.69) is 4.98 Å². The lowest BCUT2D eigenvalue weighted by Crippen LogP contribution is -2.10. The Hall–Kier alpha value is -2.36. The minimum Gasteiger partial charge on any atom is -0.496 e. The standard InChI is InChI=1S/C14H13NO3/c1-10-7-8-13(15-9-10)18-14(16)11-5-3-4-6-12(11)17-2/h3-9H,1-2H3. The first-order valence-corrected chi connectivity index (χ1v) is 5.48. The molecule has 0 saturated carbocycles. The number of carbonyl (C=O) groups is 1. The Bertz CT molecular complexity index is 549. The molecular weight excluding hydrogens is 230 g/mol. The second-order valence-electron chi connectivity index (χ2n) is 3.76. The fourth-order valence-electron chi connectivity index (χ4n) is 1.48. The molecule has 4 nitrogen and oxygen atoms in total. The zero-order chi connectivity index (χ0) is 13.0. The number of aromatic nitrogens is 1. The lowest BCUT2D eigenvalue weighted by atomic mass is 10.2. The van der Waals surface area contributed by atoms with Crippen molar-refractivity contribution in [2.45, 2.75) is 6.92 Å². The van der Waals surface area contributed by atoms with E-state index < -0.39 is 5.97 Å². The molecule has 4 heteroatoms. The molecule has 92 valence electrons. The summed E-state index contributed by atoms with van der Waals surface area (Å²) >= 11 is 0. The average Bonchev–Trinajstić information content (AvgIpc) is 2.41. The molecule has 0 aliphatic rings. The Kier molecular flexibility index (Phi) is 3.57. The van der Waals surface area contributed by atoms with Crippen molar-refractivity contribution in [1.82, 2.24) is 4.98 Å². The maximum absolute atomic E-state index is 11.9. The molecule has 0 atom stereocenters. The van der Waals surface area contributed by atoms with Crippen molar-refractivity contribution in [1.29, 1.82) is 0 Å². The molecule has 0 radical (unpaired) electrons. The first kappa shape index (κ1) is 12.1. The smallest absolute Gasteiger partial charge is 0.348 e. The van der Waals surface area contributed by atoms with E-state index in [1.54, 1.807) is 36.5 Å². The van der Waals surface area contributed by atoms with Crippen LogP contribution in [0.25, 0.3) is 0 Å². The monoisotopic (exact) mass is 243 g/mol. The average molecular weight is 243 g/mol. The third-order valence-electron chi connectivity index (χ3n) is 2.41. The SMILES string of the molecule is COc1ccccc1C(=O)Oc1ccc(C)cn1. The van der Waals surface area contributed by atoms with E-state index in [1.807, 2.05) is 13.0 Å². The van der Waals surface area contributed by atoms with Crippen molar-refractivity contribution >= 4 is 5.97 Å². The minimum atomic E-state index is -0.483. The van der Waals surface area contributed by atoms with Gasteiger partial charge in [0, 0.05) is 12.3 Å². The summed E-state index contributed by atoms with van der Waals surface area (Å²) in [5.74, 6) is 0.273. The first-order valence-electron chi connectivity index (χ1n) is 5.48. The van der Waals surface area contributed by atoms with Crippen molar-refractivity contribution in [2.75, 3.05) is 7.11 Å². The summed E-state index contributed by atoms with van der Waals surface area (Å²) in [6, 6.07) is 10.4. The number of rotatable bonds is 3. The topological polar surface area (TPSA) is 48.4 Å². The number of aryl methyl sites for hydroxylation is 1. The number of nitrogens with zero attached hydrogens (tertiary/aromatic N) is 1. The molecule has 0 amide bonds. The molecule has 1 aromatic heterocycles. The summed E-state index contributed by atoms with van der Waals surface area (Å²) < 4.78 is 10.3. The van der Waals surface area contributed by atoms with E-state index in [9.17, 15) is 4.79 Å². The van der Waals surface area contributed by atoms with Crippen LogP contribution in [0.1, 0.15) is 15.9 Å². The summed E-state index contributed by atoms with van der Waals surface area (Å²) in [7, 11) is 1.51. The number of esters is 1. The molecule has 1 heterocycles. The van der Waals surface area contributed by atoms with Crippen LogP contribution < -0.4 is 9.47 Å². The number of carbonyl (C=O) groups excluding carboxylic acids is 1. The van der Waals surface area contributed by atoms with Crippen LogP contribution in [0.5, 0.6) is 11.6 Å². The van der Waals surface area contributed by atoms with Gasteiger partial charge in [-0.3, -0.25) is 0 Å². The molecule has 0 aliphatic carbocycles. The van der Waals surface area contributed by atoms with Crippen LogP contribution in [0.4, 0.5) is 0 Å². The summed E-state index contributed by atoms with van der Waals surface area (Å²) in [6.45, 7) is 1.92. The molecule has 1 aromatic carbocycles. The summed E-state index contributed by atoms with van der Waals surface area (Å²) in [5, 5.41) is 0. The molecule has 2 aromatic rings. The summed E-state index contributed by atoms with van der Waals surface area (Å²) in [5.41, 5.74) is 1.38. The number of hydrogen-bond acceptors (Lipinski definition) is 4. The zero-order valence-electron chi connectivity index (χ0n) is 10.2. The van der Waals surface area contributed by atoms with Crippen molar-refractivity contribution in [3.63, 3.8) is 0 Å². The normalized spacial score (nSPS) is 9.89. The van der Waals surface area contributed by atoms with Crippen LogP contribution in [0.2, 0.25) is 0 Å². The molecule has 0 fully saturated rings. The largest absolute Gasteiger partial charge is 0.496 e. The second kappa shape index (κ2) is 5.31. The van der Waals surface area contributed by atoms with E-state index in [0.717, 1.165) is 5.56 Å². The zero-order valence-corrected chi connectivity index (χ0v) is 10.2. The fraction of sp³-hybridized carbons (Fsp3) is 0.143. The number of ether oxygens (including phenoxy) is 2. The highest BCUT2D eigenvalue weighted by Gasteiger charge is 2.14. The Morgan fingerprint density at radius 1 is 1.17 bits per heavy atom. The third-order valence-corrected chi connectivity index (χ3v) is 2.41. The molecule has 0 unspecified atom stereocenters. The molecule has 0 bridgehead atoms. The Balaban J connectivity index is 2.19. The molecule has 0 aliphatic heterocycles. The lowest BCUT2D eigenvalue weighted by molar-refractivity contribution is 0.0724. The van der Waals surface area contributed by atoms with Gasteiger partial charge in [0.05, 0.1) is 7.11 Å². The Morgan fingerprint density at radius 3 is 2.61 bits per heavy atom. The summed E-state index contributed by atoms with van der Waals surface area (Å²) in [6.07, 6.45) is 1.64. The van der Waals surface area contributed by atoms with Gasteiger partial charge >= 0.3 is 5.97 Å². The third kappa shape index (κ3) is 2.66. The van der Waals surface area contributed by atoms with Crippen LogP contribution in [0.15, 0.2) is 42.6 Å². The minimum absolute atomic E-state index is 0.275. The molecule has 0 spiro atoms. The van der Waals surface area contributed by atoms with Gasteiger partial charge in [0.25, 0.3) is 0 Å². The predicted octanol–water partition coefficient (Wildman–Crippen LogP) is 2.62. The summed E-state index contributed by atoms with van der Waals surface area (Å²) in [4.78, 5) is 16.0. The van der Waals surface area contributed by atoms with Gasteiger partial charge < -0.3 is 9.47 Å². The lowest BCUT2D eigenvalue weighted by Gasteiger charge is -2.07. The number of pyridine rings is 1. The fourth-order valence-corrected chi connectivity index (χ4v) is 1.48. The number of methoxy groups -OCH3 is 1. The van der Waals surface area contributed by atoms with Gasteiger partial charge in [-0.2, -0.15) is 0 Å². The molecule has 0 saturated heterocycles. The van der Waals surface area contributed by atoms with Gasteiger partial charge in [0.15, 0.2) is 0 Å². The number of benzene rings is 1. The van der Waals surface area contributed by atoms with Gasteiger partial charge in [0.1, 0.15) is 11.3 Å². The van der Waals surface area contributed by atoms with Crippen LogP contribution in [0, 0.1) is 6.92 Å². The van der Waals surface area contributed by atoms with Crippen LogP contribution >= 0.6 is 0 Å². The molecule has 18 heavy (non-hydrogen) atoms. The predicted molar refractivity (Wildman–Crippen MR) is 66.9 cm³/mol. The van der Waals surface area contributed by atoms with Crippen LogP contribution in [-0.4, -0.2) is 18.1 Å². The van der Waals surface area contributed by atoms with Gasteiger partial charge in [-0.05, 0) is 24.6 Å². The maximum Gasteiger partial charge on any atom is 0.348 e. The maximum atomic E-state index is 11.9. The number of para-hydroxylation sites is 1. The van der Waals surface area contributed by atoms with Crippen molar-refractivity contribution in [3.05, 3.63) is 53.7 Å². The Morgan fingerprint density at radius 2 is 1.94 bits per heavy atom. The first-order chi connectivity index (χ1) is 8.70. The highest BCUT2D eigenvalue weighted by Crippen LogP contribution is 2.19. The van der Waals surface area contributed by atoms with Gasteiger partial charge in [-0.25, -0.2) is 9.78 Å². The number of hydrogen-bond donors (Lipinski definition) is 0. The van der Waals surface area contributed by atoms with Crippen LogP contribution in [0.3, 0.4) is 0 Å². The van der Waals surface area contributed by atoms with E-state index in [0.29, 0.717) is 11.3 Å². The van der Waals surface area contributed by atoms with E-state index in [1.165, 1.54) is 7.11 Å². The quantitative estimate of drug-likeness (QED) is 0.777. The molecule has 2 rings (SSSR count). The molecule has 0 N–H and O–H groups in total. The van der Waals surface area contributed by atoms with Gasteiger partial charge in [-0.15, -0.1) is 0 Å². The van der Waals surface area contributed by atoms with Gasteiger partial charge in [-0.1, -0.05) is 18.2 Å². The molecular formula is C14H13NO3. The highest BCUT2D eigenvalue weighted by atomic mass is 16.5. The van der Waals surface area contributed by atoms with E-state index in [4.69, 9.17) is 9.47 Å². The highest BCUT2D eigenvalue weighted by molar-refractivity contribution is 5.93. The second-order valence-corrected chi connectivity index (χ2v) is 3.76. The van der Waals surface area contributed by atoms with Crippen LogP contribution in [-0.2, 0) is 0 Å². The van der Waals surface area contributed by atoms with E-state index in [-0.39, 0.29) is 5.88 Å². The van der Waals surface area contributed by atoms with Crippen molar-refractivity contribution in [3.8, 4) is 11.6 Å². The van der Waals surface area contributed by atoms with Crippen molar-refractivity contribution in [2.24, 2.45) is 0 Å². The Labute approximate surface area is 105 Å².